The van der Waals surface area contributed by atoms with E-state index in [0.717, 1.165) is 17.7 Å². The van der Waals surface area contributed by atoms with Gasteiger partial charge < -0.3 is 15.8 Å². The molecule has 0 aliphatic rings. The minimum Gasteiger partial charge on any atom is -0.489 e. The van der Waals surface area contributed by atoms with Crippen molar-refractivity contribution < 1.29 is 9.53 Å². The number of aryl methyl sites for hydroxylation is 2. The summed E-state index contributed by atoms with van der Waals surface area (Å²) < 4.78 is 5.62. The second kappa shape index (κ2) is 8.39. The first-order chi connectivity index (χ1) is 11.5. The summed E-state index contributed by atoms with van der Waals surface area (Å²) in [4.78, 5) is 12.1. The van der Waals surface area contributed by atoms with E-state index in [1.165, 1.54) is 5.56 Å². The third-order valence-electron chi connectivity index (χ3n) is 3.72. The van der Waals surface area contributed by atoms with Gasteiger partial charge in [0.25, 0.3) is 0 Å². The van der Waals surface area contributed by atoms with Gasteiger partial charge >= 0.3 is 0 Å². The molecule has 4 heteroatoms. The van der Waals surface area contributed by atoms with Gasteiger partial charge in [0.1, 0.15) is 5.75 Å². The molecular formula is C20H26N2O2. The highest BCUT2D eigenvalue weighted by molar-refractivity contribution is 5.90. The second-order valence-corrected chi connectivity index (χ2v) is 6.14. The predicted octanol–water partition coefficient (Wildman–Crippen LogP) is 4.19. The van der Waals surface area contributed by atoms with E-state index >= 15 is 0 Å². The van der Waals surface area contributed by atoms with Crippen LogP contribution in [0.2, 0.25) is 0 Å². The van der Waals surface area contributed by atoms with Gasteiger partial charge in [-0.25, -0.2) is 0 Å². The van der Waals surface area contributed by atoms with Crippen LogP contribution in [0.15, 0.2) is 42.5 Å². The lowest BCUT2D eigenvalue weighted by molar-refractivity contribution is -0.116. The molecule has 2 rings (SSSR count). The highest BCUT2D eigenvalue weighted by Gasteiger charge is 2.07. The normalized spacial score (nSPS) is 10.7. The number of hydrogen-bond acceptors (Lipinski definition) is 3. The molecule has 1 amide bonds. The van der Waals surface area contributed by atoms with Gasteiger partial charge in [-0.2, -0.15) is 0 Å². The molecule has 0 fully saturated rings. The third-order valence-corrected chi connectivity index (χ3v) is 3.72. The topological polar surface area (TPSA) is 64.3 Å². The summed E-state index contributed by atoms with van der Waals surface area (Å²) in [5.74, 6) is 0.689. The summed E-state index contributed by atoms with van der Waals surface area (Å²) >= 11 is 0. The van der Waals surface area contributed by atoms with Crippen molar-refractivity contribution in [1.29, 1.82) is 0 Å². The van der Waals surface area contributed by atoms with Gasteiger partial charge in [-0.3, -0.25) is 4.79 Å². The summed E-state index contributed by atoms with van der Waals surface area (Å²) in [6.07, 6.45) is 2.14. The van der Waals surface area contributed by atoms with Crippen LogP contribution in [-0.4, -0.2) is 12.0 Å². The number of amides is 1. The first-order valence-corrected chi connectivity index (χ1v) is 8.41. The molecule has 2 aromatic rings. The SMILES string of the molecule is CCc1ccc(NC(=O)CCc2ccc(OC(C)C)c(N)c2)cc1. The van der Waals surface area contributed by atoms with E-state index in [9.17, 15) is 4.79 Å². The zero-order chi connectivity index (χ0) is 17.5. The molecule has 0 aromatic heterocycles. The van der Waals surface area contributed by atoms with Gasteiger partial charge in [-0.1, -0.05) is 25.1 Å². The molecule has 0 aliphatic carbocycles. The largest absolute Gasteiger partial charge is 0.489 e. The Kier molecular flexibility index (Phi) is 6.24. The van der Waals surface area contributed by atoms with Crippen LogP contribution in [0.3, 0.4) is 0 Å². The minimum absolute atomic E-state index is 0.000303. The first kappa shape index (κ1) is 17.9. The molecule has 0 spiro atoms. The van der Waals surface area contributed by atoms with E-state index in [0.29, 0.717) is 24.3 Å². The Morgan fingerprint density at radius 2 is 1.79 bits per heavy atom. The molecule has 0 atom stereocenters. The van der Waals surface area contributed by atoms with E-state index in [1.54, 1.807) is 0 Å². The fraction of sp³-hybridized carbons (Fsp3) is 0.350. The Labute approximate surface area is 144 Å². The smallest absolute Gasteiger partial charge is 0.224 e. The molecule has 2 aromatic carbocycles. The predicted molar refractivity (Wildman–Crippen MR) is 99.4 cm³/mol. The van der Waals surface area contributed by atoms with Gasteiger partial charge in [-0.05, 0) is 62.1 Å². The Morgan fingerprint density at radius 3 is 2.38 bits per heavy atom. The Bertz CT molecular complexity index is 679. The van der Waals surface area contributed by atoms with Crippen LogP contribution in [0.4, 0.5) is 11.4 Å². The van der Waals surface area contributed by atoms with E-state index in [-0.39, 0.29) is 12.0 Å². The number of hydrogen-bond donors (Lipinski definition) is 2. The zero-order valence-electron chi connectivity index (χ0n) is 14.6. The molecule has 0 aliphatic heterocycles. The van der Waals surface area contributed by atoms with Crippen LogP contribution in [0.1, 0.15) is 38.3 Å². The number of nitrogens with one attached hydrogen (secondary N) is 1. The number of ether oxygens (including phenoxy) is 1. The Hall–Kier alpha value is -2.49. The maximum Gasteiger partial charge on any atom is 0.224 e. The number of anilines is 2. The van der Waals surface area contributed by atoms with E-state index in [4.69, 9.17) is 10.5 Å². The molecule has 0 heterocycles. The molecule has 0 bridgehead atoms. The van der Waals surface area contributed by atoms with Gasteiger partial charge in [0, 0.05) is 12.1 Å². The van der Waals surface area contributed by atoms with Crippen molar-refractivity contribution >= 4 is 17.3 Å². The van der Waals surface area contributed by atoms with Gasteiger partial charge in [0.2, 0.25) is 5.91 Å². The molecule has 0 unspecified atom stereocenters. The molecule has 0 saturated carbocycles. The standard InChI is InChI=1S/C20H26N2O2/c1-4-15-5-9-17(10-6-15)22-20(23)12-8-16-7-11-19(18(21)13-16)24-14(2)3/h5-7,9-11,13-14H,4,8,12,21H2,1-3H3,(H,22,23). The van der Waals surface area contributed by atoms with Gasteiger partial charge in [0.15, 0.2) is 0 Å². The fourth-order valence-electron chi connectivity index (χ4n) is 2.42. The monoisotopic (exact) mass is 326 g/mol. The van der Waals surface area contributed by atoms with Crippen molar-refractivity contribution in [2.75, 3.05) is 11.1 Å². The van der Waals surface area contributed by atoms with Crippen molar-refractivity contribution in [2.45, 2.75) is 46.1 Å². The van der Waals surface area contributed by atoms with E-state index in [2.05, 4.69) is 12.2 Å². The first-order valence-electron chi connectivity index (χ1n) is 8.41. The van der Waals surface area contributed by atoms with Crippen LogP contribution >= 0.6 is 0 Å². The van der Waals surface area contributed by atoms with Crippen molar-refractivity contribution in [3.8, 4) is 5.75 Å². The van der Waals surface area contributed by atoms with Crippen molar-refractivity contribution in [3.05, 3.63) is 53.6 Å². The molecule has 128 valence electrons. The van der Waals surface area contributed by atoms with Crippen LogP contribution in [0.5, 0.6) is 5.75 Å². The number of nitrogens with two attached hydrogens (primary N) is 1. The van der Waals surface area contributed by atoms with Crippen LogP contribution in [0.25, 0.3) is 0 Å². The Balaban J connectivity index is 1.87. The van der Waals surface area contributed by atoms with Gasteiger partial charge in [-0.15, -0.1) is 0 Å². The summed E-state index contributed by atoms with van der Waals surface area (Å²) in [6.45, 7) is 6.03. The third kappa shape index (κ3) is 5.30. The number of carbonyl (C=O) groups is 1. The quantitative estimate of drug-likeness (QED) is 0.750. The number of nitrogen functional groups attached to an aromatic ring is 1. The maximum absolute atomic E-state index is 12.1. The van der Waals surface area contributed by atoms with Crippen LogP contribution in [-0.2, 0) is 17.6 Å². The van der Waals surface area contributed by atoms with Crippen LogP contribution < -0.4 is 15.8 Å². The molecule has 0 radical (unpaired) electrons. The summed E-state index contributed by atoms with van der Waals surface area (Å²) in [5, 5.41) is 2.92. The average molecular weight is 326 g/mol. The molecular weight excluding hydrogens is 300 g/mol. The molecule has 4 nitrogen and oxygen atoms in total. The van der Waals surface area contributed by atoms with Crippen molar-refractivity contribution in [3.63, 3.8) is 0 Å². The average Bonchev–Trinajstić information content (AvgIpc) is 2.55. The second-order valence-electron chi connectivity index (χ2n) is 6.14. The van der Waals surface area contributed by atoms with Crippen molar-refractivity contribution in [1.82, 2.24) is 0 Å². The molecule has 0 saturated heterocycles. The lowest BCUT2D eigenvalue weighted by Crippen LogP contribution is -2.12. The highest BCUT2D eigenvalue weighted by atomic mass is 16.5. The summed E-state index contributed by atoms with van der Waals surface area (Å²) in [6, 6.07) is 13.6. The molecule has 3 N–H and O–H groups in total. The lowest BCUT2D eigenvalue weighted by Gasteiger charge is -2.13. The van der Waals surface area contributed by atoms with Gasteiger partial charge in [0.05, 0.1) is 11.8 Å². The Morgan fingerprint density at radius 1 is 1.12 bits per heavy atom. The number of benzene rings is 2. The zero-order valence-corrected chi connectivity index (χ0v) is 14.6. The lowest BCUT2D eigenvalue weighted by atomic mass is 10.1. The number of carbonyl (C=O) groups excluding carboxylic acids is 1. The summed E-state index contributed by atoms with van der Waals surface area (Å²) in [5.41, 5.74) is 9.72. The van der Waals surface area contributed by atoms with E-state index < -0.39 is 0 Å². The van der Waals surface area contributed by atoms with Crippen LogP contribution in [0, 0.1) is 0 Å². The highest BCUT2D eigenvalue weighted by Crippen LogP contribution is 2.24. The number of rotatable bonds is 7. The minimum atomic E-state index is 0.000303. The fourth-order valence-corrected chi connectivity index (χ4v) is 2.42. The maximum atomic E-state index is 12.1. The molecule has 24 heavy (non-hydrogen) atoms. The van der Waals surface area contributed by atoms with Crippen molar-refractivity contribution in [2.24, 2.45) is 0 Å². The summed E-state index contributed by atoms with van der Waals surface area (Å²) in [7, 11) is 0. The van der Waals surface area contributed by atoms with E-state index in [1.807, 2.05) is 56.3 Å².